The highest BCUT2D eigenvalue weighted by molar-refractivity contribution is 9.11. The van der Waals surface area contributed by atoms with Crippen molar-refractivity contribution in [3.63, 3.8) is 0 Å². The number of hydrogen-bond acceptors (Lipinski definition) is 3. The monoisotopic (exact) mass is 284 g/mol. The molecule has 0 amide bonds. The lowest BCUT2D eigenvalue weighted by Gasteiger charge is -1.97. The molecule has 0 fully saturated rings. The molecule has 0 aliphatic rings. The molecule has 0 N–H and O–H groups in total. The predicted octanol–water partition coefficient (Wildman–Crippen LogP) is 3.84. The van der Waals surface area contributed by atoms with Crippen LogP contribution in [0.15, 0.2) is 32.0 Å². The van der Waals surface area contributed by atoms with Gasteiger partial charge >= 0.3 is 0 Å². The molecule has 0 bridgehead atoms. The summed E-state index contributed by atoms with van der Waals surface area (Å²) in [5.74, 6) is 0.490. The Labute approximate surface area is 100 Å². The van der Waals surface area contributed by atoms with Gasteiger partial charge in [-0.1, -0.05) is 0 Å². The van der Waals surface area contributed by atoms with Crippen molar-refractivity contribution in [2.75, 3.05) is 0 Å². The lowest BCUT2D eigenvalue weighted by Crippen LogP contribution is -2.03. The van der Waals surface area contributed by atoms with Crippen LogP contribution in [-0.4, -0.2) is 5.78 Å². The Morgan fingerprint density at radius 2 is 2.33 bits per heavy atom. The lowest BCUT2D eigenvalue weighted by molar-refractivity contribution is 0.0965. The molecule has 2 rings (SSSR count). The molecule has 0 aromatic carbocycles. The van der Waals surface area contributed by atoms with Crippen molar-refractivity contribution >= 4 is 33.0 Å². The molecule has 15 heavy (non-hydrogen) atoms. The highest BCUT2D eigenvalue weighted by Crippen LogP contribution is 2.25. The Morgan fingerprint density at radius 3 is 2.87 bits per heavy atom. The first-order valence-corrected chi connectivity index (χ1v) is 6.15. The Morgan fingerprint density at radius 1 is 1.53 bits per heavy atom. The topological polar surface area (TPSA) is 30.2 Å². The van der Waals surface area contributed by atoms with Crippen LogP contribution in [0.3, 0.4) is 0 Å². The van der Waals surface area contributed by atoms with Crippen LogP contribution < -0.4 is 0 Å². The minimum Gasteiger partial charge on any atom is -0.461 e. The second kappa shape index (κ2) is 4.33. The number of Topliss-reactive ketones (excluding diaryl/α,β-unsaturated/α-hetero) is 1. The van der Waals surface area contributed by atoms with E-state index in [-0.39, 0.29) is 5.78 Å². The standard InChI is InChI=1S/C11H9BrO2S/c1-7-2-4-14-10(7)9(13)6-8-3-5-15-11(8)12/h2-5H,6H2,1H3. The fraction of sp³-hybridized carbons (Fsp3) is 0.182. The van der Waals surface area contributed by atoms with Crippen LogP contribution >= 0.6 is 27.3 Å². The number of halogens is 1. The number of ketones is 1. The number of furan rings is 1. The minimum atomic E-state index is 0.0246. The second-order valence-corrected chi connectivity index (χ2v) is 5.49. The molecular formula is C11H9BrO2S. The van der Waals surface area contributed by atoms with Gasteiger partial charge in [0.25, 0.3) is 0 Å². The van der Waals surface area contributed by atoms with E-state index in [4.69, 9.17) is 4.42 Å². The minimum absolute atomic E-state index is 0.0246. The summed E-state index contributed by atoms with van der Waals surface area (Å²) in [6.07, 6.45) is 1.93. The second-order valence-electron chi connectivity index (χ2n) is 3.25. The zero-order valence-corrected chi connectivity index (χ0v) is 10.5. The Kier molecular flexibility index (Phi) is 3.07. The molecule has 2 aromatic rings. The summed E-state index contributed by atoms with van der Waals surface area (Å²) in [6, 6.07) is 3.75. The quantitative estimate of drug-likeness (QED) is 0.802. The van der Waals surface area contributed by atoms with Gasteiger partial charge in [-0.25, -0.2) is 0 Å². The van der Waals surface area contributed by atoms with Gasteiger partial charge in [0.2, 0.25) is 5.78 Å². The third-order valence-corrected chi connectivity index (χ3v) is 3.97. The Balaban J connectivity index is 2.18. The normalized spacial score (nSPS) is 10.5. The number of aryl methyl sites for hydroxylation is 1. The van der Waals surface area contributed by atoms with Crippen molar-refractivity contribution < 1.29 is 9.21 Å². The smallest absolute Gasteiger partial charge is 0.202 e. The molecule has 0 saturated heterocycles. The van der Waals surface area contributed by atoms with E-state index in [9.17, 15) is 4.79 Å². The van der Waals surface area contributed by atoms with Crippen LogP contribution in [-0.2, 0) is 6.42 Å². The first kappa shape index (κ1) is 10.6. The van der Waals surface area contributed by atoms with Gasteiger partial charge in [0.1, 0.15) is 0 Å². The number of rotatable bonds is 3. The Hall–Kier alpha value is -0.870. The van der Waals surface area contributed by atoms with Gasteiger partial charge < -0.3 is 4.42 Å². The van der Waals surface area contributed by atoms with Crippen LogP contribution in [0.5, 0.6) is 0 Å². The molecule has 0 aliphatic heterocycles. The van der Waals surface area contributed by atoms with Crippen molar-refractivity contribution in [1.29, 1.82) is 0 Å². The lowest BCUT2D eigenvalue weighted by atomic mass is 10.1. The highest BCUT2D eigenvalue weighted by atomic mass is 79.9. The molecule has 0 atom stereocenters. The average Bonchev–Trinajstić information content (AvgIpc) is 2.76. The molecule has 0 aliphatic carbocycles. The van der Waals surface area contributed by atoms with E-state index < -0.39 is 0 Å². The number of carbonyl (C=O) groups excluding carboxylic acids is 1. The maximum Gasteiger partial charge on any atom is 0.202 e. The summed E-state index contributed by atoms with van der Waals surface area (Å²) in [4.78, 5) is 11.8. The van der Waals surface area contributed by atoms with Gasteiger partial charge in [0.15, 0.2) is 5.76 Å². The van der Waals surface area contributed by atoms with Crippen molar-refractivity contribution in [3.05, 3.63) is 44.4 Å². The van der Waals surface area contributed by atoms with Crippen molar-refractivity contribution in [1.82, 2.24) is 0 Å². The molecule has 0 radical (unpaired) electrons. The van der Waals surface area contributed by atoms with E-state index in [1.54, 1.807) is 23.7 Å². The highest BCUT2D eigenvalue weighted by Gasteiger charge is 2.14. The van der Waals surface area contributed by atoms with Crippen LogP contribution in [0.2, 0.25) is 0 Å². The fourth-order valence-corrected chi connectivity index (χ4v) is 2.60. The molecule has 0 unspecified atom stereocenters. The maximum atomic E-state index is 11.8. The molecule has 0 spiro atoms. The number of carbonyl (C=O) groups is 1. The Bertz CT molecular complexity index is 484. The summed E-state index contributed by atoms with van der Waals surface area (Å²) >= 11 is 4.99. The molecule has 78 valence electrons. The molecule has 2 heterocycles. The van der Waals surface area contributed by atoms with Crippen LogP contribution in [0.1, 0.15) is 21.7 Å². The van der Waals surface area contributed by atoms with E-state index in [0.29, 0.717) is 12.2 Å². The fourth-order valence-electron chi connectivity index (χ4n) is 1.36. The van der Waals surface area contributed by atoms with Crippen molar-refractivity contribution in [2.24, 2.45) is 0 Å². The number of thiophene rings is 1. The summed E-state index contributed by atoms with van der Waals surface area (Å²) in [5.41, 5.74) is 1.91. The number of hydrogen-bond donors (Lipinski definition) is 0. The van der Waals surface area contributed by atoms with Gasteiger partial charge in [-0.05, 0) is 51.5 Å². The summed E-state index contributed by atoms with van der Waals surface area (Å²) in [5, 5.41) is 1.96. The molecule has 2 aromatic heterocycles. The zero-order chi connectivity index (χ0) is 10.8. The first-order chi connectivity index (χ1) is 7.18. The largest absolute Gasteiger partial charge is 0.461 e. The third-order valence-electron chi connectivity index (χ3n) is 2.16. The summed E-state index contributed by atoms with van der Waals surface area (Å²) in [6.45, 7) is 1.87. The van der Waals surface area contributed by atoms with Crippen LogP contribution in [0.4, 0.5) is 0 Å². The van der Waals surface area contributed by atoms with Gasteiger partial charge in [-0.3, -0.25) is 4.79 Å². The average molecular weight is 285 g/mol. The third kappa shape index (κ3) is 2.21. The zero-order valence-electron chi connectivity index (χ0n) is 8.12. The van der Waals surface area contributed by atoms with E-state index in [0.717, 1.165) is 14.9 Å². The molecule has 0 saturated carbocycles. The van der Waals surface area contributed by atoms with Crippen molar-refractivity contribution in [2.45, 2.75) is 13.3 Å². The van der Waals surface area contributed by atoms with Crippen LogP contribution in [0, 0.1) is 6.92 Å². The maximum absolute atomic E-state index is 11.8. The summed E-state index contributed by atoms with van der Waals surface area (Å²) in [7, 11) is 0. The molecular weight excluding hydrogens is 276 g/mol. The molecule has 4 heteroatoms. The predicted molar refractivity (Wildman–Crippen MR) is 63.5 cm³/mol. The summed E-state index contributed by atoms with van der Waals surface area (Å²) < 4.78 is 6.17. The van der Waals surface area contributed by atoms with E-state index >= 15 is 0 Å². The van der Waals surface area contributed by atoms with Gasteiger partial charge in [-0.15, -0.1) is 11.3 Å². The molecule has 2 nitrogen and oxygen atoms in total. The van der Waals surface area contributed by atoms with E-state index in [1.807, 2.05) is 18.4 Å². The van der Waals surface area contributed by atoms with Gasteiger partial charge in [0.05, 0.1) is 10.0 Å². The first-order valence-electron chi connectivity index (χ1n) is 4.47. The van der Waals surface area contributed by atoms with Gasteiger partial charge in [-0.2, -0.15) is 0 Å². The van der Waals surface area contributed by atoms with Gasteiger partial charge in [0, 0.05) is 6.42 Å². The SMILES string of the molecule is Cc1ccoc1C(=O)Cc1ccsc1Br. The van der Waals surface area contributed by atoms with Crippen LogP contribution in [0.25, 0.3) is 0 Å². The van der Waals surface area contributed by atoms with E-state index in [1.165, 1.54) is 0 Å². The van der Waals surface area contributed by atoms with E-state index in [2.05, 4.69) is 15.9 Å². The van der Waals surface area contributed by atoms with Crippen molar-refractivity contribution in [3.8, 4) is 0 Å².